The van der Waals surface area contributed by atoms with Crippen LogP contribution in [-0.4, -0.2) is 16.1 Å². The molecule has 0 radical (unpaired) electrons. The van der Waals surface area contributed by atoms with Gasteiger partial charge in [0.05, 0.1) is 11.1 Å². The number of furan rings is 1. The van der Waals surface area contributed by atoms with Crippen LogP contribution in [0, 0.1) is 6.92 Å². The van der Waals surface area contributed by atoms with Crippen molar-refractivity contribution < 1.29 is 14.3 Å². The van der Waals surface area contributed by atoms with Gasteiger partial charge in [0.15, 0.2) is 5.76 Å². The molecule has 4 aromatic rings. The monoisotopic (exact) mass is 337 g/mol. The van der Waals surface area contributed by atoms with E-state index >= 15 is 0 Å². The van der Waals surface area contributed by atoms with E-state index in [4.69, 9.17) is 16.0 Å². The lowest BCUT2D eigenvalue weighted by atomic mass is 10.0. The van der Waals surface area contributed by atoms with Gasteiger partial charge < -0.3 is 9.52 Å². The number of halogens is 1. The maximum Gasteiger partial charge on any atom is 0.338 e. The number of aromatic nitrogens is 1. The molecular weight excluding hydrogens is 326 g/mol. The lowest BCUT2D eigenvalue weighted by Crippen LogP contribution is -2.02. The summed E-state index contributed by atoms with van der Waals surface area (Å²) in [4.78, 5) is 16.3. The molecule has 0 atom stereocenters. The van der Waals surface area contributed by atoms with Crippen LogP contribution in [0.2, 0.25) is 5.02 Å². The molecule has 2 aromatic carbocycles. The highest BCUT2D eigenvalue weighted by Gasteiger charge is 2.19. The van der Waals surface area contributed by atoms with Crippen molar-refractivity contribution in [2.75, 3.05) is 0 Å². The summed E-state index contributed by atoms with van der Waals surface area (Å²) >= 11 is 6.07. The Morgan fingerprint density at radius 3 is 2.67 bits per heavy atom. The van der Waals surface area contributed by atoms with E-state index in [1.165, 1.54) is 0 Å². The van der Waals surface area contributed by atoms with Crippen molar-refractivity contribution in [2.45, 2.75) is 6.92 Å². The molecule has 5 heteroatoms. The summed E-state index contributed by atoms with van der Waals surface area (Å²) < 4.78 is 5.81. The van der Waals surface area contributed by atoms with E-state index in [0.717, 1.165) is 10.9 Å². The second-order valence-corrected chi connectivity index (χ2v) is 6.07. The molecule has 0 fully saturated rings. The first-order valence-corrected chi connectivity index (χ1v) is 7.74. The minimum atomic E-state index is -1.06. The normalized spacial score (nSPS) is 11.2. The van der Waals surface area contributed by atoms with Crippen molar-refractivity contribution in [3.63, 3.8) is 0 Å². The van der Waals surface area contributed by atoms with E-state index in [-0.39, 0.29) is 5.56 Å². The van der Waals surface area contributed by atoms with Crippen molar-refractivity contribution in [1.29, 1.82) is 0 Å². The first kappa shape index (κ1) is 14.7. The van der Waals surface area contributed by atoms with E-state index in [9.17, 15) is 9.90 Å². The van der Waals surface area contributed by atoms with E-state index in [1.807, 2.05) is 31.2 Å². The number of carboxylic acids is 1. The fourth-order valence-electron chi connectivity index (χ4n) is 2.87. The van der Waals surface area contributed by atoms with Crippen LogP contribution in [0.4, 0.5) is 0 Å². The van der Waals surface area contributed by atoms with E-state index in [1.54, 1.807) is 24.3 Å². The summed E-state index contributed by atoms with van der Waals surface area (Å²) in [5.41, 5.74) is 2.69. The third kappa shape index (κ3) is 2.32. The first-order chi connectivity index (χ1) is 11.5. The maximum atomic E-state index is 11.7. The Bertz CT molecular complexity index is 1080. The molecule has 2 aromatic heterocycles. The van der Waals surface area contributed by atoms with Crippen LogP contribution < -0.4 is 0 Å². The van der Waals surface area contributed by atoms with Gasteiger partial charge in [0, 0.05) is 15.8 Å². The van der Waals surface area contributed by atoms with Crippen molar-refractivity contribution in [3.05, 3.63) is 64.7 Å². The SMILES string of the molecule is Cc1cc(Cl)cc2cc(C(=O)O)c(-c3cc4ccccc4o3)nc12. The van der Waals surface area contributed by atoms with Crippen LogP contribution in [-0.2, 0) is 0 Å². The van der Waals surface area contributed by atoms with Crippen LogP contribution in [0.1, 0.15) is 15.9 Å². The third-order valence-corrected chi connectivity index (χ3v) is 4.18. The molecule has 0 bridgehead atoms. The molecule has 24 heavy (non-hydrogen) atoms. The Hall–Kier alpha value is -2.85. The Kier molecular flexibility index (Phi) is 3.28. The fraction of sp³-hybridized carbons (Fsp3) is 0.0526. The van der Waals surface area contributed by atoms with Gasteiger partial charge in [0.25, 0.3) is 0 Å². The van der Waals surface area contributed by atoms with Gasteiger partial charge in [-0.25, -0.2) is 9.78 Å². The molecule has 0 saturated heterocycles. The lowest BCUT2D eigenvalue weighted by Gasteiger charge is -2.08. The second-order valence-electron chi connectivity index (χ2n) is 5.63. The summed E-state index contributed by atoms with van der Waals surface area (Å²) in [6.45, 7) is 1.89. The van der Waals surface area contributed by atoms with Gasteiger partial charge in [-0.1, -0.05) is 29.8 Å². The molecule has 4 nitrogen and oxygen atoms in total. The molecule has 1 N–H and O–H groups in total. The molecule has 0 aliphatic carbocycles. The Labute approximate surface area is 142 Å². The maximum absolute atomic E-state index is 11.7. The largest absolute Gasteiger partial charge is 0.478 e. The third-order valence-electron chi connectivity index (χ3n) is 3.96. The minimum Gasteiger partial charge on any atom is -0.478 e. The molecule has 0 aliphatic rings. The number of nitrogens with zero attached hydrogens (tertiary/aromatic N) is 1. The number of hydrogen-bond donors (Lipinski definition) is 1. The molecular formula is C19H12ClNO3. The number of carboxylic acid groups (broad SMARTS) is 1. The average molecular weight is 338 g/mol. The van der Waals surface area contributed by atoms with Crippen LogP contribution >= 0.6 is 11.6 Å². The van der Waals surface area contributed by atoms with E-state index in [2.05, 4.69) is 4.98 Å². The van der Waals surface area contributed by atoms with E-state index in [0.29, 0.717) is 33.0 Å². The Balaban J connectivity index is 2.05. The van der Waals surface area contributed by atoms with Crippen molar-refractivity contribution in [3.8, 4) is 11.5 Å². The average Bonchev–Trinajstić information content (AvgIpc) is 2.97. The molecule has 0 saturated carbocycles. The summed E-state index contributed by atoms with van der Waals surface area (Å²) in [5.74, 6) is -0.623. The molecule has 0 amide bonds. The number of rotatable bonds is 2. The molecule has 4 rings (SSSR count). The van der Waals surface area contributed by atoms with Crippen molar-refractivity contribution in [1.82, 2.24) is 4.98 Å². The predicted octanol–water partition coefficient (Wildman–Crippen LogP) is 5.31. The van der Waals surface area contributed by atoms with Gasteiger partial charge in [0.1, 0.15) is 11.3 Å². The van der Waals surface area contributed by atoms with E-state index < -0.39 is 5.97 Å². The first-order valence-electron chi connectivity index (χ1n) is 7.36. The number of aryl methyl sites for hydroxylation is 1. The predicted molar refractivity (Wildman–Crippen MR) is 93.7 cm³/mol. The minimum absolute atomic E-state index is 0.0863. The summed E-state index contributed by atoms with van der Waals surface area (Å²) in [5, 5.41) is 11.7. The number of para-hydroxylation sites is 1. The number of benzene rings is 2. The highest BCUT2D eigenvalue weighted by atomic mass is 35.5. The van der Waals surface area contributed by atoms with Gasteiger partial charge in [-0.15, -0.1) is 0 Å². The highest BCUT2D eigenvalue weighted by Crippen LogP contribution is 2.32. The Morgan fingerprint density at radius 1 is 1.12 bits per heavy atom. The van der Waals surface area contributed by atoms with Crippen LogP contribution in [0.15, 0.2) is 52.9 Å². The standard InChI is InChI=1S/C19H12ClNO3/c1-10-6-13(20)7-12-8-14(19(22)23)18(21-17(10)12)16-9-11-4-2-3-5-15(11)24-16/h2-9H,1H3,(H,22,23). The number of pyridine rings is 1. The lowest BCUT2D eigenvalue weighted by molar-refractivity contribution is 0.0697. The van der Waals surface area contributed by atoms with Crippen molar-refractivity contribution >= 4 is 39.4 Å². The number of hydrogen-bond acceptors (Lipinski definition) is 3. The van der Waals surface area contributed by atoms with Crippen LogP contribution in [0.3, 0.4) is 0 Å². The molecule has 0 aliphatic heterocycles. The molecule has 0 spiro atoms. The van der Waals surface area contributed by atoms with Crippen LogP contribution in [0.5, 0.6) is 0 Å². The van der Waals surface area contributed by atoms with Gasteiger partial charge in [0.2, 0.25) is 0 Å². The summed E-state index contributed by atoms with van der Waals surface area (Å²) in [7, 11) is 0. The zero-order valence-corrected chi connectivity index (χ0v) is 13.5. The molecule has 118 valence electrons. The number of fused-ring (bicyclic) bond motifs is 2. The Morgan fingerprint density at radius 2 is 1.92 bits per heavy atom. The number of carbonyl (C=O) groups is 1. The second kappa shape index (κ2) is 5.35. The van der Waals surface area contributed by atoms with Gasteiger partial charge in [-0.05, 0) is 42.8 Å². The smallest absolute Gasteiger partial charge is 0.338 e. The molecule has 0 unspecified atom stereocenters. The zero-order chi connectivity index (χ0) is 16.8. The highest BCUT2D eigenvalue weighted by molar-refractivity contribution is 6.31. The topological polar surface area (TPSA) is 63.3 Å². The zero-order valence-electron chi connectivity index (χ0n) is 12.7. The van der Waals surface area contributed by atoms with Crippen molar-refractivity contribution in [2.24, 2.45) is 0 Å². The van der Waals surface area contributed by atoms with Crippen LogP contribution in [0.25, 0.3) is 33.3 Å². The fourth-order valence-corrected chi connectivity index (χ4v) is 3.15. The van der Waals surface area contributed by atoms with Gasteiger partial charge in [-0.3, -0.25) is 0 Å². The number of aromatic carboxylic acids is 1. The quantitative estimate of drug-likeness (QED) is 0.538. The summed E-state index contributed by atoms with van der Waals surface area (Å²) in [6.07, 6.45) is 0. The summed E-state index contributed by atoms with van der Waals surface area (Å²) in [6, 6.07) is 14.4. The van der Waals surface area contributed by atoms with Gasteiger partial charge >= 0.3 is 5.97 Å². The van der Waals surface area contributed by atoms with Gasteiger partial charge in [-0.2, -0.15) is 0 Å². The molecule has 2 heterocycles.